The molecule has 5 heteroatoms. The first kappa shape index (κ1) is 14.5. The van der Waals surface area contributed by atoms with Crippen molar-refractivity contribution < 1.29 is 14.3 Å². The molecule has 1 unspecified atom stereocenters. The molecule has 4 nitrogen and oxygen atoms in total. The highest BCUT2D eigenvalue weighted by Crippen LogP contribution is 2.18. The number of amides is 1. The van der Waals surface area contributed by atoms with E-state index in [0.717, 1.165) is 0 Å². The molecule has 2 aromatic rings. The minimum atomic E-state index is -0.965. The van der Waals surface area contributed by atoms with Gasteiger partial charge in [0.05, 0.1) is 5.60 Å². The van der Waals surface area contributed by atoms with Crippen LogP contribution >= 0.6 is 0 Å². The molecular formula is C15H19FN2O2. The van der Waals surface area contributed by atoms with Crippen molar-refractivity contribution in [3.05, 3.63) is 35.8 Å². The van der Waals surface area contributed by atoms with Crippen LogP contribution in [0.5, 0.6) is 0 Å². The van der Waals surface area contributed by atoms with Gasteiger partial charge in [-0.15, -0.1) is 0 Å². The molecule has 0 aliphatic rings. The zero-order valence-electron chi connectivity index (χ0n) is 11.8. The van der Waals surface area contributed by atoms with Gasteiger partial charge in [-0.05, 0) is 37.1 Å². The van der Waals surface area contributed by atoms with Gasteiger partial charge in [0.2, 0.25) is 0 Å². The van der Waals surface area contributed by atoms with Crippen LogP contribution in [0.25, 0.3) is 10.9 Å². The quantitative estimate of drug-likeness (QED) is 0.804. The lowest BCUT2D eigenvalue weighted by molar-refractivity contribution is 0.0142. The molecule has 1 amide bonds. The molecule has 2 rings (SSSR count). The van der Waals surface area contributed by atoms with Crippen molar-refractivity contribution in [2.45, 2.75) is 26.4 Å². The van der Waals surface area contributed by atoms with E-state index in [-0.39, 0.29) is 24.2 Å². The topological polar surface area (TPSA) is 65.1 Å². The van der Waals surface area contributed by atoms with Crippen LogP contribution in [0.3, 0.4) is 0 Å². The predicted molar refractivity (Wildman–Crippen MR) is 76.1 cm³/mol. The largest absolute Gasteiger partial charge is 0.388 e. The highest BCUT2D eigenvalue weighted by molar-refractivity contribution is 5.98. The third kappa shape index (κ3) is 2.99. The average Bonchev–Trinajstić information content (AvgIpc) is 2.78. The molecule has 108 valence electrons. The maximum absolute atomic E-state index is 13.1. The number of hydrogen-bond acceptors (Lipinski definition) is 2. The number of aliphatic hydroxyl groups is 1. The first-order valence-corrected chi connectivity index (χ1v) is 6.58. The molecule has 0 fully saturated rings. The molecule has 1 aromatic carbocycles. The molecule has 0 spiro atoms. The summed E-state index contributed by atoms with van der Waals surface area (Å²) in [6.45, 7) is 5.61. The molecule has 0 saturated heterocycles. The summed E-state index contributed by atoms with van der Waals surface area (Å²) in [6.07, 6.45) is 0. The number of halogens is 1. The third-order valence-corrected chi connectivity index (χ3v) is 3.68. The Morgan fingerprint density at radius 1 is 1.45 bits per heavy atom. The fraction of sp³-hybridized carbons (Fsp3) is 0.400. The average molecular weight is 278 g/mol. The Kier molecular flexibility index (Phi) is 3.81. The van der Waals surface area contributed by atoms with E-state index in [9.17, 15) is 14.3 Å². The molecule has 1 atom stereocenters. The molecule has 0 saturated carbocycles. The summed E-state index contributed by atoms with van der Waals surface area (Å²) in [5, 5.41) is 13.4. The SMILES string of the molecule is CC(C)C(C)(O)CNC(=O)c1cc2cc(F)ccc2[nH]1. The number of nitrogens with one attached hydrogen (secondary N) is 2. The Balaban J connectivity index is 2.12. The van der Waals surface area contributed by atoms with Crippen molar-refractivity contribution in [3.63, 3.8) is 0 Å². The Morgan fingerprint density at radius 3 is 2.80 bits per heavy atom. The van der Waals surface area contributed by atoms with Crippen LogP contribution in [-0.2, 0) is 0 Å². The van der Waals surface area contributed by atoms with Gasteiger partial charge in [-0.1, -0.05) is 13.8 Å². The Bertz CT molecular complexity index is 632. The molecule has 3 N–H and O–H groups in total. The second-order valence-electron chi connectivity index (χ2n) is 5.61. The Morgan fingerprint density at radius 2 is 2.15 bits per heavy atom. The maximum atomic E-state index is 13.1. The van der Waals surface area contributed by atoms with Gasteiger partial charge < -0.3 is 15.4 Å². The van der Waals surface area contributed by atoms with Crippen molar-refractivity contribution in [1.29, 1.82) is 0 Å². The summed E-state index contributed by atoms with van der Waals surface area (Å²) in [5.74, 6) is -0.631. The molecule has 0 radical (unpaired) electrons. The van der Waals surface area contributed by atoms with E-state index in [1.54, 1.807) is 19.1 Å². The number of carbonyl (C=O) groups is 1. The Hall–Kier alpha value is -1.88. The minimum absolute atomic E-state index is 0.0274. The molecule has 1 aromatic heterocycles. The van der Waals surface area contributed by atoms with Gasteiger partial charge in [0.25, 0.3) is 5.91 Å². The number of H-pyrrole nitrogens is 1. The normalized spacial score (nSPS) is 14.5. The lowest BCUT2D eigenvalue weighted by atomic mass is 9.92. The van der Waals surface area contributed by atoms with E-state index in [0.29, 0.717) is 16.6 Å². The second kappa shape index (κ2) is 5.25. The number of hydrogen-bond donors (Lipinski definition) is 3. The first-order valence-electron chi connectivity index (χ1n) is 6.58. The van der Waals surface area contributed by atoms with Gasteiger partial charge in [0, 0.05) is 17.4 Å². The fourth-order valence-electron chi connectivity index (χ4n) is 1.78. The highest BCUT2D eigenvalue weighted by atomic mass is 19.1. The summed E-state index contributed by atoms with van der Waals surface area (Å²) in [6, 6.07) is 5.89. The van der Waals surface area contributed by atoms with E-state index in [2.05, 4.69) is 10.3 Å². The summed E-state index contributed by atoms with van der Waals surface area (Å²) in [4.78, 5) is 14.9. The standard InChI is InChI=1S/C15H19FN2O2/c1-9(2)15(3,20)8-17-14(19)13-7-10-6-11(16)4-5-12(10)18-13/h4-7,9,18,20H,8H2,1-3H3,(H,17,19). The number of carbonyl (C=O) groups excluding carboxylic acids is 1. The van der Waals surface area contributed by atoms with Gasteiger partial charge in [-0.25, -0.2) is 4.39 Å². The molecule has 0 bridgehead atoms. The van der Waals surface area contributed by atoms with Gasteiger partial charge in [-0.3, -0.25) is 4.79 Å². The highest BCUT2D eigenvalue weighted by Gasteiger charge is 2.25. The summed E-state index contributed by atoms with van der Waals surface area (Å²) in [7, 11) is 0. The van der Waals surface area contributed by atoms with Gasteiger partial charge in [-0.2, -0.15) is 0 Å². The number of fused-ring (bicyclic) bond motifs is 1. The van der Waals surface area contributed by atoms with Crippen molar-refractivity contribution >= 4 is 16.8 Å². The van der Waals surface area contributed by atoms with Crippen LogP contribution in [0.4, 0.5) is 4.39 Å². The van der Waals surface area contributed by atoms with E-state index in [1.165, 1.54) is 12.1 Å². The van der Waals surface area contributed by atoms with Gasteiger partial charge in [0.1, 0.15) is 11.5 Å². The van der Waals surface area contributed by atoms with E-state index in [4.69, 9.17) is 0 Å². The van der Waals surface area contributed by atoms with Gasteiger partial charge in [0.15, 0.2) is 0 Å². The molecule has 0 aliphatic heterocycles. The molecule has 0 aliphatic carbocycles. The zero-order valence-corrected chi connectivity index (χ0v) is 11.8. The minimum Gasteiger partial charge on any atom is -0.388 e. The first-order chi connectivity index (χ1) is 9.29. The predicted octanol–water partition coefficient (Wildman–Crippen LogP) is 2.44. The summed E-state index contributed by atoms with van der Waals surface area (Å²) < 4.78 is 13.1. The van der Waals surface area contributed by atoms with Crippen LogP contribution in [0, 0.1) is 11.7 Å². The van der Waals surface area contributed by atoms with Crippen molar-refractivity contribution in [1.82, 2.24) is 10.3 Å². The zero-order chi connectivity index (χ0) is 14.9. The lowest BCUT2D eigenvalue weighted by Crippen LogP contribution is -2.44. The van der Waals surface area contributed by atoms with Crippen LogP contribution in [-0.4, -0.2) is 28.1 Å². The number of aromatic nitrogens is 1. The number of aromatic amines is 1. The third-order valence-electron chi connectivity index (χ3n) is 3.68. The molecular weight excluding hydrogens is 259 g/mol. The van der Waals surface area contributed by atoms with E-state index in [1.807, 2.05) is 13.8 Å². The van der Waals surface area contributed by atoms with E-state index < -0.39 is 5.60 Å². The van der Waals surface area contributed by atoms with Crippen molar-refractivity contribution in [2.24, 2.45) is 5.92 Å². The molecule has 20 heavy (non-hydrogen) atoms. The van der Waals surface area contributed by atoms with Crippen molar-refractivity contribution in [2.75, 3.05) is 6.54 Å². The smallest absolute Gasteiger partial charge is 0.267 e. The van der Waals surface area contributed by atoms with Gasteiger partial charge >= 0.3 is 0 Å². The number of benzene rings is 1. The summed E-state index contributed by atoms with van der Waals surface area (Å²) >= 11 is 0. The monoisotopic (exact) mass is 278 g/mol. The number of rotatable bonds is 4. The van der Waals surface area contributed by atoms with Crippen LogP contribution in [0.2, 0.25) is 0 Å². The van der Waals surface area contributed by atoms with Crippen LogP contribution in [0.15, 0.2) is 24.3 Å². The Labute approximate surface area is 117 Å². The fourth-order valence-corrected chi connectivity index (χ4v) is 1.78. The van der Waals surface area contributed by atoms with E-state index >= 15 is 0 Å². The van der Waals surface area contributed by atoms with Crippen LogP contribution < -0.4 is 5.32 Å². The second-order valence-corrected chi connectivity index (χ2v) is 5.61. The maximum Gasteiger partial charge on any atom is 0.267 e. The van der Waals surface area contributed by atoms with Crippen molar-refractivity contribution in [3.8, 4) is 0 Å². The van der Waals surface area contributed by atoms with Crippen LogP contribution in [0.1, 0.15) is 31.3 Å². The lowest BCUT2D eigenvalue weighted by Gasteiger charge is -2.27. The summed E-state index contributed by atoms with van der Waals surface area (Å²) in [5.41, 5.74) is 0.0886. The molecule has 1 heterocycles.